The topological polar surface area (TPSA) is 138 Å². The Balaban J connectivity index is 2.01. The molecular weight excluding hydrogens is 508 g/mol. The van der Waals surface area contributed by atoms with Crippen LogP contribution in [0.1, 0.15) is 60.8 Å². The Hall–Kier alpha value is -2.17. The molecule has 11 atom stereocenters. The van der Waals surface area contributed by atoms with Crippen molar-refractivity contribution in [3.05, 3.63) is 12.2 Å². The molecule has 37 heavy (non-hydrogen) atoms. The molecule has 4 aliphatic rings. The van der Waals surface area contributed by atoms with Gasteiger partial charge in [-0.2, -0.15) is 0 Å². The fraction of sp³-hybridized carbons (Fsp3) is 0.769. The van der Waals surface area contributed by atoms with E-state index in [1.165, 1.54) is 27.7 Å². The number of epoxide rings is 1. The third-order valence-corrected chi connectivity index (χ3v) is 9.42. The van der Waals surface area contributed by atoms with Gasteiger partial charge in [-0.3, -0.25) is 19.2 Å². The van der Waals surface area contributed by atoms with Crippen molar-refractivity contribution in [2.24, 2.45) is 17.3 Å². The number of carbonyl (C=O) groups excluding carboxylic acids is 4. The van der Waals surface area contributed by atoms with Crippen LogP contribution < -0.4 is 0 Å². The maximum absolute atomic E-state index is 12.9. The first-order valence-corrected chi connectivity index (χ1v) is 13.0. The Bertz CT molecular complexity index is 1030. The standard InChI is InChI=1S/C26H35ClO10/c1-11-8-9-16(33-13(3)28)24(6)17(34-14(4)29)10-18-25(7,37-18)20(24)22(35-15(5)30)26(32)12(2)23(31)36-21(26)19(11)27/h12,16-22,32H,1,8-10H2,2-7H3/t12-,16-,17+,18-,19+,20?,21+,22-,24+,25-,26+/m1/s1. The number of alkyl halides is 1. The molecule has 206 valence electrons. The summed E-state index contributed by atoms with van der Waals surface area (Å²) in [4.78, 5) is 50.0. The molecule has 0 aromatic rings. The van der Waals surface area contributed by atoms with Gasteiger partial charge in [-0.25, -0.2) is 0 Å². The van der Waals surface area contributed by atoms with Crippen LogP contribution in [0, 0.1) is 17.3 Å². The van der Waals surface area contributed by atoms with E-state index in [0.717, 1.165) is 0 Å². The Labute approximate surface area is 220 Å². The van der Waals surface area contributed by atoms with Gasteiger partial charge in [0, 0.05) is 33.1 Å². The molecule has 4 rings (SSSR count). The van der Waals surface area contributed by atoms with Crippen molar-refractivity contribution in [3.63, 3.8) is 0 Å². The zero-order valence-electron chi connectivity index (χ0n) is 21.9. The van der Waals surface area contributed by atoms with Crippen molar-refractivity contribution >= 4 is 35.5 Å². The maximum atomic E-state index is 12.9. The Morgan fingerprint density at radius 1 is 1.05 bits per heavy atom. The number of ether oxygens (including phenoxy) is 5. The van der Waals surface area contributed by atoms with E-state index in [0.29, 0.717) is 12.0 Å². The average Bonchev–Trinajstić information content (AvgIpc) is 3.39. The van der Waals surface area contributed by atoms with Crippen LogP contribution in [0.3, 0.4) is 0 Å². The first-order valence-electron chi connectivity index (χ1n) is 12.5. The summed E-state index contributed by atoms with van der Waals surface area (Å²) in [6, 6.07) is 0. The van der Waals surface area contributed by atoms with Crippen LogP contribution >= 0.6 is 11.6 Å². The lowest BCUT2D eigenvalue weighted by Gasteiger charge is -2.56. The monoisotopic (exact) mass is 542 g/mol. The summed E-state index contributed by atoms with van der Waals surface area (Å²) in [6.45, 7) is 12.9. The van der Waals surface area contributed by atoms with E-state index < -0.39 is 88.2 Å². The number of esters is 4. The molecule has 2 aliphatic carbocycles. The predicted molar refractivity (Wildman–Crippen MR) is 128 cm³/mol. The third-order valence-electron chi connectivity index (χ3n) is 8.88. The van der Waals surface area contributed by atoms with Crippen LogP contribution in [0.5, 0.6) is 0 Å². The van der Waals surface area contributed by atoms with E-state index >= 15 is 0 Å². The molecule has 0 radical (unpaired) electrons. The van der Waals surface area contributed by atoms with E-state index in [1.54, 1.807) is 6.92 Å². The lowest BCUT2D eigenvalue weighted by Crippen LogP contribution is -2.70. The predicted octanol–water partition coefficient (Wildman–Crippen LogP) is 2.22. The lowest BCUT2D eigenvalue weighted by molar-refractivity contribution is -0.236. The number of rotatable bonds is 3. The minimum absolute atomic E-state index is 0.245. The molecule has 10 nitrogen and oxygen atoms in total. The Morgan fingerprint density at radius 3 is 2.19 bits per heavy atom. The smallest absolute Gasteiger partial charge is 0.312 e. The summed E-state index contributed by atoms with van der Waals surface area (Å²) in [5, 5.41) is 11.4. The quantitative estimate of drug-likeness (QED) is 0.186. The fourth-order valence-electron chi connectivity index (χ4n) is 6.94. The van der Waals surface area contributed by atoms with Crippen LogP contribution in [0.15, 0.2) is 12.2 Å². The summed E-state index contributed by atoms with van der Waals surface area (Å²) < 4.78 is 29.3. The maximum Gasteiger partial charge on any atom is 0.312 e. The molecule has 0 aromatic carbocycles. The van der Waals surface area contributed by atoms with Gasteiger partial charge in [-0.1, -0.05) is 19.1 Å². The highest BCUT2D eigenvalue weighted by Crippen LogP contribution is 2.65. The highest BCUT2D eigenvalue weighted by Gasteiger charge is 2.78. The Kier molecular flexibility index (Phi) is 6.95. The van der Waals surface area contributed by atoms with Crippen molar-refractivity contribution in [2.45, 2.75) is 108 Å². The average molecular weight is 543 g/mol. The Morgan fingerprint density at radius 2 is 1.62 bits per heavy atom. The van der Waals surface area contributed by atoms with Crippen molar-refractivity contribution in [2.75, 3.05) is 0 Å². The van der Waals surface area contributed by atoms with Crippen molar-refractivity contribution in [1.29, 1.82) is 0 Å². The molecule has 4 fully saturated rings. The second kappa shape index (κ2) is 9.24. The zero-order valence-corrected chi connectivity index (χ0v) is 22.7. The first-order chi connectivity index (χ1) is 17.1. The van der Waals surface area contributed by atoms with Crippen molar-refractivity contribution < 1.29 is 48.0 Å². The van der Waals surface area contributed by atoms with E-state index in [4.69, 9.17) is 35.3 Å². The van der Waals surface area contributed by atoms with Gasteiger partial charge in [0.15, 0.2) is 11.7 Å². The minimum Gasteiger partial charge on any atom is -0.462 e. The summed E-state index contributed by atoms with van der Waals surface area (Å²) in [5.41, 5.74) is -3.84. The number of carbonyl (C=O) groups is 4. The van der Waals surface area contributed by atoms with Gasteiger partial charge in [-0.05, 0) is 26.7 Å². The molecule has 1 N–H and O–H groups in total. The second-order valence-corrected chi connectivity index (χ2v) is 11.6. The molecule has 2 heterocycles. The van der Waals surface area contributed by atoms with Crippen LogP contribution in [-0.2, 0) is 42.9 Å². The summed E-state index contributed by atoms with van der Waals surface area (Å²) in [7, 11) is 0. The zero-order chi connectivity index (χ0) is 27.7. The number of fused-ring (bicyclic) bond motifs is 4. The van der Waals surface area contributed by atoms with Crippen LogP contribution in [0.25, 0.3) is 0 Å². The third kappa shape index (κ3) is 4.25. The van der Waals surface area contributed by atoms with Gasteiger partial charge < -0.3 is 28.8 Å². The van der Waals surface area contributed by atoms with Crippen molar-refractivity contribution in [1.82, 2.24) is 0 Å². The SMILES string of the molecule is C=C1CC[C@@H](OC(C)=O)[C@]2(C)C([C@@H](OC(C)=O)[C@]3(O)[C@H](C)C(=O)O[C@H]3[C@H]1Cl)[C@]1(C)O[C@@H]1C[C@@H]2OC(C)=O. The van der Waals surface area contributed by atoms with Gasteiger partial charge in [-0.15, -0.1) is 11.6 Å². The number of hydrogen-bond acceptors (Lipinski definition) is 10. The highest BCUT2D eigenvalue weighted by atomic mass is 35.5. The molecule has 0 amide bonds. The van der Waals surface area contributed by atoms with Gasteiger partial charge >= 0.3 is 23.9 Å². The van der Waals surface area contributed by atoms with Gasteiger partial charge in [0.1, 0.15) is 18.3 Å². The van der Waals surface area contributed by atoms with E-state index in [2.05, 4.69) is 6.58 Å². The van der Waals surface area contributed by atoms with E-state index in [1.807, 2.05) is 6.92 Å². The van der Waals surface area contributed by atoms with Crippen LogP contribution in [0.4, 0.5) is 0 Å². The normalized spacial score (nSPS) is 46.9. The van der Waals surface area contributed by atoms with Crippen molar-refractivity contribution in [3.8, 4) is 0 Å². The molecule has 1 unspecified atom stereocenters. The van der Waals surface area contributed by atoms with Crippen LogP contribution in [-0.4, -0.2) is 76.1 Å². The number of halogens is 1. The molecule has 2 saturated carbocycles. The molecule has 2 aliphatic heterocycles. The van der Waals surface area contributed by atoms with E-state index in [-0.39, 0.29) is 12.8 Å². The van der Waals surface area contributed by atoms with E-state index in [9.17, 15) is 24.3 Å². The second-order valence-electron chi connectivity index (χ2n) is 11.2. The minimum atomic E-state index is -2.10. The van der Waals surface area contributed by atoms with Crippen LogP contribution in [0.2, 0.25) is 0 Å². The summed E-state index contributed by atoms with van der Waals surface area (Å²) in [6.07, 6.45) is -3.96. The summed E-state index contributed by atoms with van der Waals surface area (Å²) >= 11 is 6.75. The first kappa shape index (κ1) is 27.9. The number of aliphatic hydroxyl groups is 1. The van der Waals surface area contributed by atoms with Gasteiger partial charge in [0.2, 0.25) is 0 Å². The van der Waals surface area contributed by atoms with Gasteiger partial charge in [0.25, 0.3) is 0 Å². The molecule has 11 heteroatoms. The molecule has 0 aromatic heterocycles. The molecule has 0 spiro atoms. The highest BCUT2D eigenvalue weighted by molar-refractivity contribution is 6.23. The largest absolute Gasteiger partial charge is 0.462 e. The fourth-order valence-corrected chi connectivity index (χ4v) is 7.30. The number of hydrogen-bond donors (Lipinski definition) is 1. The molecule has 2 saturated heterocycles. The molecule has 0 bridgehead atoms. The summed E-state index contributed by atoms with van der Waals surface area (Å²) in [5.74, 6) is -4.56. The lowest BCUT2D eigenvalue weighted by atomic mass is 9.53. The van der Waals surface area contributed by atoms with Gasteiger partial charge in [0.05, 0.1) is 28.4 Å². The molecular formula is C26H35ClO10.